The first-order valence-electron chi connectivity index (χ1n) is 49.9. The Morgan fingerprint density at radius 2 is 0.690 bits per heavy atom. The summed E-state index contributed by atoms with van der Waals surface area (Å²) >= 11 is 0. The molecule has 9 atom stereocenters. The van der Waals surface area contributed by atoms with Crippen molar-refractivity contribution < 1.29 is 144 Å². The van der Waals surface area contributed by atoms with Gasteiger partial charge in [-0.1, -0.05) is 207 Å². The summed E-state index contributed by atoms with van der Waals surface area (Å²) in [6.45, 7) is 70.4. The molecular formula is C106H191N9O30. The number of nitrogens with zero attached hydrogens (tertiary/aromatic N) is 2. The lowest BCUT2D eigenvalue weighted by atomic mass is 9.87. The highest BCUT2D eigenvalue weighted by molar-refractivity contribution is 6.14. The highest BCUT2D eigenvalue weighted by atomic mass is 16.7. The molecule has 840 valence electrons. The molecule has 2 aliphatic heterocycles. The monoisotopic (exact) mass is 2070 g/mol. The van der Waals surface area contributed by atoms with E-state index in [1.54, 1.807) is 34.6 Å². The van der Waals surface area contributed by atoms with Crippen LogP contribution in [0.2, 0.25) is 0 Å². The van der Waals surface area contributed by atoms with Crippen LogP contribution in [-0.4, -0.2) is 234 Å². The Hall–Kier alpha value is -10.3. The van der Waals surface area contributed by atoms with Crippen LogP contribution in [0.1, 0.15) is 377 Å². The summed E-state index contributed by atoms with van der Waals surface area (Å²) in [6.07, 6.45) is 16.0. The van der Waals surface area contributed by atoms with Crippen LogP contribution < -0.4 is 38.5 Å². The van der Waals surface area contributed by atoms with E-state index in [9.17, 15) is 91.1 Å². The molecule has 0 aromatic carbocycles. The van der Waals surface area contributed by atoms with Crippen LogP contribution in [0.25, 0.3) is 0 Å². The first kappa shape index (κ1) is 145. The van der Waals surface area contributed by atoms with Gasteiger partial charge in [-0.15, -0.1) is 5.06 Å². The summed E-state index contributed by atoms with van der Waals surface area (Å²) in [5.74, 6) is -12.6. The van der Waals surface area contributed by atoms with Crippen LogP contribution in [0.5, 0.6) is 0 Å². The molecule has 39 nitrogen and oxygen atoms in total. The number of carboxylic acid groups (broad SMARTS) is 2. The van der Waals surface area contributed by atoms with Gasteiger partial charge in [0.05, 0.1) is 70.4 Å². The standard InChI is InChI=1S/C17H26N2O7.C17H31NO4.C16H24N2O5.C16H29NO5.C15H27NO5.C13H27NO2.C11H23NO2.CH4/c1-11(16(24)25-9-5-8-17(2,3)4)18-12(20)10-15(23)26-19-13(21)6-7-14(19)22;1-6-9-21-15(19)12-14(18)11-13(2)16(20)22-10-7-8-17(3,4)5;1-11(15(22)23-9-5-8-16(2,3)4)17-12(19)10-18-13(20)6-7-14(18)21;1-11(14(19)20)7-8-13(18)17-12(2)15(21)22-10-6-9-16(3,4)5;1-10(13(18)19)9-12(17)16-11(2)14(20)21-8-6-7-15(3,4)5;1-12(2,3)8-7-9-16-11(15)10(14)13(4,5)6;1-10(2,3)7-6-8-14-9(13)11(4,5)12;/h11H,5-10H2,1-4H3,(H,18,20);6,13-14H,1,7-12,18H2,2-5H3;6-7,11H,5,8-10H2,1-4H3,(H,17,19);11-12H,6-10H2,1-5H3,(H,17,18)(H,19,20);10-11H,6-9H2,1-5H3,(H,16,17)(H,18,19);10H,7-9,14H2,1-6H3;6-8,12H2,1-5H3;1H4. The number of aliphatic carboxylic acids is 2. The first-order valence-corrected chi connectivity index (χ1v) is 49.9. The summed E-state index contributed by atoms with van der Waals surface area (Å²) in [5, 5.41) is 27.5. The number of nitrogens with one attached hydrogen (secondary N) is 4. The smallest absolute Gasteiger partial charge is 0.342 e. The molecule has 12 N–H and O–H groups in total. The molecule has 39 heteroatoms. The number of rotatable bonds is 50. The van der Waals surface area contributed by atoms with Crippen molar-refractivity contribution in [2.75, 3.05) is 59.4 Å². The van der Waals surface area contributed by atoms with Gasteiger partial charge in [-0.3, -0.25) is 72.0 Å². The molecule has 2 heterocycles. The molecular weight excluding hydrogens is 1880 g/mol. The number of hydrogen-bond acceptors (Lipinski definition) is 31. The lowest BCUT2D eigenvalue weighted by Gasteiger charge is -2.25. The summed E-state index contributed by atoms with van der Waals surface area (Å²) < 4.78 is 40.7. The van der Waals surface area contributed by atoms with E-state index in [4.69, 9.17) is 65.3 Å². The zero-order valence-electron chi connectivity index (χ0n) is 93.5. The van der Waals surface area contributed by atoms with E-state index in [1.165, 1.54) is 33.8 Å². The molecule has 2 aliphatic rings. The average molecular weight is 2070 g/mol. The molecule has 9 unspecified atom stereocenters. The zero-order chi connectivity index (χ0) is 113. The minimum Gasteiger partial charge on any atom is -0.481 e. The van der Waals surface area contributed by atoms with Gasteiger partial charge in [0.1, 0.15) is 55.3 Å². The lowest BCUT2D eigenvalue weighted by molar-refractivity contribution is -0.197. The number of amides is 8. The second-order valence-electron chi connectivity index (χ2n) is 46.6. The zero-order valence-corrected chi connectivity index (χ0v) is 93.5. The molecule has 0 radical (unpaired) electrons. The fourth-order valence-electron chi connectivity index (χ4n) is 11.7. The van der Waals surface area contributed by atoms with Crippen molar-refractivity contribution in [1.29, 1.82) is 0 Å². The summed E-state index contributed by atoms with van der Waals surface area (Å²) in [7, 11) is 0. The van der Waals surface area contributed by atoms with E-state index >= 15 is 0 Å². The van der Waals surface area contributed by atoms with Crippen molar-refractivity contribution in [3.63, 3.8) is 0 Å². The van der Waals surface area contributed by atoms with E-state index in [1.807, 2.05) is 20.8 Å². The van der Waals surface area contributed by atoms with Gasteiger partial charge >= 0.3 is 65.7 Å². The lowest BCUT2D eigenvalue weighted by Crippen LogP contribution is -2.46. The Morgan fingerprint density at radius 3 is 0.993 bits per heavy atom. The van der Waals surface area contributed by atoms with E-state index < -0.39 is 150 Å². The molecule has 0 aliphatic carbocycles. The SMILES string of the molecule is C.C=CCOC(=O)CC(N)CC(C)C(=O)OCCCC(C)(C)C.CC(C)(C)CCCOC(=O)C(C)(C)N.CC(C)(C)CCCOC(=O)C(N)C(C)(C)C.CC(CC(=O)NC(C)C(=O)OCCCC(C)(C)C)C(=O)O.CC(CCC(=O)NC(C)C(=O)OCCCC(C)(C)C)C(=O)O.CC(NC(=O)CC(=O)ON1C(=O)CCC1=O)C(=O)OCCCC(C)(C)C.CC(NC(=O)CN1C(=O)C=CC1=O)C(=O)OCCCC(C)(C)C. The third-order valence-corrected chi connectivity index (χ3v) is 20.5. The number of hydroxylamine groups is 2. The predicted octanol–water partition coefficient (Wildman–Crippen LogP) is 14.3. The van der Waals surface area contributed by atoms with Gasteiger partial charge in [0.25, 0.3) is 23.6 Å². The Labute approximate surface area is 865 Å². The second kappa shape index (κ2) is 72.1. The second-order valence-corrected chi connectivity index (χ2v) is 46.6. The van der Waals surface area contributed by atoms with Gasteiger partial charge in [0.2, 0.25) is 23.6 Å². The number of esters is 8. The van der Waals surface area contributed by atoms with Gasteiger partial charge in [-0.25, -0.2) is 24.0 Å². The molecule has 0 spiro atoms. The average Bonchev–Trinajstić information content (AvgIpc) is 1.75. The maximum Gasteiger partial charge on any atom is 0.342 e. The molecule has 1 fully saturated rings. The quantitative estimate of drug-likeness (QED) is 0.00682. The number of ether oxygens (including phenoxy) is 8. The van der Waals surface area contributed by atoms with Crippen LogP contribution in [0, 0.1) is 61.1 Å². The Bertz CT molecular complexity index is 3990. The number of imide groups is 2. The number of hydrogen-bond donors (Lipinski definition) is 9. The molecule has 0 bridgehead atoms. The van der Waals surface area contributed by atoms with Crippen molar-refractivity contribution in [2.24, 2.45) is 78.3 Å². The minimum absolute atomic E-state index is 0. The van der Waals surface area contributed by atoms with Gasteiger partial charge in [-0.2, -0.15) is 0 Å². The molecule has 0 saturated carbocycles. The van der Waals surface area contributed by atoms with Crippen molar-refractivity contribution >= 4 is 113 Å². The maximum absolute atomic E-state index is 11.9. The summed E-state index contributed by atoms with van der Waals surface area (Å²) in [4.78, 5) is 223. The van der Waals surface area contributed by atoms with Crippen molar-refractivity contribution in [2.45, 2.75) is 419 Å². The van der Waals surface area contributed by atoms with Gasteiger partial charge in [-0.05, 0) is 188 Å². The summed E-state index contributed by atoms with van der Waals surface area (Å²) in [6, 6.07) is -4.20. The highest BCUT2D eigenvalue weighted by Crippen LogP contribution is 2.27. The Morgan fingerprint density at radius 1 is 0.393 bits per heavy atom. The molecule has 1 saturated heterocycles. The summed E-state index contributed by atoms with van der Waals surface area (Å²) in [5.41, 5.74) is 17.7. The van der Waals surface area contributed by atoms with Crippen molar-refractivity contribution in [3.8, 4) is 0 Å². The maximum atomic E-state index is 11.9. The van der Waals surface area contributed by atoms with E-state index in [2.05, 4.69) is 178 Å². The van der Waals surface area contributed by atoms with Crippen LogP contribution in [0.15, 0.2) is 24.8 Å². The number of carbonyl (C=O) groups excluding carboxylic acids is 17. The van der Waals surface area contributed by atoms with Crippen LogP contribution in [-0.2, 0) is 134 Å². The van der Waals surface area contributed by atoms with E-state index in [-0.39, 0.29) is 127 Å². The Kier molecular flexibility index (Phi) is 72.3. The van der Waals surface area contributed by atoms with Crippen LogP contribution in [0.4, 0.5) is 0 Å². The predicted molar refractivity (Wildman–Crippen MR) is 553 cm³/mol. The number of nitrogens with two attached hydrogens (primary N) is 3. The molecule has 145 heavy (non-hydrogen) atoms. The Balaban J connectivity index is -0.000000391. The number of carboxylic acids is 2. The third kappa shape index (κ3) is 85.5. The topological polar surface area (TPSA) is 581 Å². The normalized spacial score (nSPS) is 14.5. The minimum atomic E-state index is -1.06. The molecule has 0 aromatic rings. The van der Waals surface area contributed by atoms with Crippen LogP contribution >= 0.6 is 0 Å². The van der Waals surface area contributed by atoms with Crippen LogP contribution in [0.3, 0.4) is 0 Å². The molecule has 8 amide bonds. The van der Waals surface area contributed by atoms with Gasteiger partial charge in [0, 0.05) is 43.9 Å². The van der Waals surface area contributed by atoms with Gasteiger partial charge < -0.3 is 91.4 Å². The van der Waals surface area contributed by atoms with Crippen molar-refractivity contribution in [1.82, 2.24) is 31.2 Å². The van der Waals surface area contributed by atoms with E-state index in [0.29, 0.717) is 68.4 Å². The number of carbonyl (C=O) groups is 19. The fourth-order valence-corrected chi connectivity index (χ4v) is 11.7. The largest absolute Gasteiger partial charge is 0.481 e. The van der Waals surface area contributed by atoms with Crippen molar-refractivity contribution in [3.05, 3.63) is 24.8 Å². The van der Waals surface area contributed by atoms with Gasteiger partial charge in [0.15, 0.2) is 0 Å². The third-order valence-electron chi connectivity index (χ3n) is 20.5. The van der Waals surface area contributed by atoms with E-state index in [0.717, 1.165) is 101 Å². The molecule has 0 aromatic heterocycles. The fraction of sp³-hybridized carbons (Fsp3) is 0.783. The first-order chi connectivity index (χ1) is 65.5. The molecule has 2 rings (SSSR count). The highest BCUT2D eigenvalue weighted by Gasteiger charge is 2.36.